The van der Waals surface area contributed by atoms with Gasteiger partial charge in [0, 0.05) is 37.4 Å². The Balaban J connectivity index is 1.28. The number of pyridine rings is 1. The molecule has 33 heavy (non-hydrogen) atoms. The highest BCUT2D eigenvalue weighted by molar-refractivity contribution is 5.63. The van der Waals surface area contributed by atoms with Gasteiger partial charge in [-0.25, -0.2) is 4.39 Å². The average Bonchev–Trinajstić information content (AvgIpc) is 3.32. The van der Waals surface area contributed by atoms with Gasteiger partial charge in [0.05, 0.1) is 11.4 Å². The second-order valence-corrected chi connectivity index (χ2v) is 8.82. The molecule has 5 rings (SSSR count). The van der Waals surface area contributed by atoms with Gasteiger partial charge in [0.2, 0.25) is 0 Å². The molecule has 0 radical (unpaired) electrons. The fraction of sp³-hybridized carbons (Fsp3) is 0.375. The number of hydrogen-bond donors (Lipinski definition) is 1. The van der Waals surface area contributed by atoms with Crippen LogP contribution in [0.2, 0.25) is 0 Å². The maximum Gasteiger partial charge on any atom is 0.420 e. The molecular weight excluding hydrogens is 434 g/mol. The Morgan fingerprint density at radius 2 is 1.70 bits per heavy atom. The van der Waals surface area contributed by atoms with E-state index in [0.717, 1.165) is 44.2 Å². The van der Waals surface area contributed by atoms with Crippen LogP contribution in [0.5, 0.6) is 0 Å². The Morgan fingerprint density at radius 1 is 0.970 bits per heavy atom. The second-order valence-electron chi connectivity index (χ2n) is 8.82. The molecule has 9 heteroatoms. The van der Waals surface area contributed by atoms with Gasteiger partial charge in [0.1, 0.15) is 11.4 Å². The first kappa shape index (κ1) is 21.8. The van der Waals surface area contributed by atoms with Crippen molar-refractivity contribution in [2.45, 2.75) is 31.6 Å². The van der Waals surface area contributed by atoms with Crippen LogP contribution in [0.15, 0.2) is 54.7 Å². The highest BCUT2D eigenvalue weighted by Gasteiger charge is 2.42. The standard InChI is InChI=1S/C24H23F4N5/c25-21-7-2-1-6-19(21)22-11-20(24(26,27)28)23(32-31-22)30-18-9-15-12-33(13-16(15)10-18)14-17-5-3-4-8-29-17/h1-8,11,15-16,18H,9-10,12-14H2,(H,30,32). The number of nitrogens with one attached hydrogen (secondary N) is 1. The van der Waals surface area contributed by atoms with Crippen LogP contribution in [0.4, 0.5) is 23.4 Å². The van der Waals surface area contributed by atoms with E-state index in [1.165, 1.54) is 18.2 Å². The van der Waals surface area contributed by atoms with E-state index in [2.05, 4.69) is 25.4 Å². The molecule has 0 spiro atoms. The molecule has 1 saturated carbocycles. The Bertz CT molecular complexity index is 1110. The summed E-state index contributed by atoms with van der Waals surface area (Å²) in [7, 11) is 0. The zero-order valence-electron chi connectivity index (χ0n) is 17.8. The number of benzene rings is 1. The number of anilines is 1. The predicted molar refractivity (Wildman–Crippen MR) is 116 cm³/mol. The minimum atomic E-state index is -4.63. The van der Waals surface area contributed by atoms with E-state index in [0.29, 0.717) is 11.8 Å². The van der Waals surface area contributed by atoms with Crippen LogP contribution in [0.3, 0.4) is 0 Å². The van der Waals surface area contributed by atoms with Crippen LogP contribution in [-0.4, -0.2) is 39.2 Å². The lowest BCUT2D eigenvalue weighted by Gasteiger charge is -2.21. The van der Waals surface area contributed by atoms with E-state index in [1.807, 2.05) is 18.2 Å². The molecular formula is C24H23F4N5. The Hall–Kier alpha value is -3.07. The van der Waals surface area contributed by atoms with Crippen molar-refractivity contribution >= 4 is 5.82 Å². The van der Waals surface area contributed by atoms with E-state index in [4.69, 9.17) is 0 Å². The Kier molecular flexibility index (Phi) is 5.74. The molecule has 1 aliphatic carbocycles. The lowest BCUT2D eigenvalue weighted by Crippen LogP contribution is -2.26. The Labute approximate surface area is 188 Å². The van der Waals surface area contributed by atoms with Crippen LogP contribution < -0.4 is 5.32 Å². The monoisotopic (exact) mass is 457 g/mol. The number of fused-ring (bicyclic) bond motifs is 1. The summed E-state index contributed by atoms with van der Waals surface area (Å²) in [5, 5.41) is 10.7. The van der Waals surface area contributed by atoms with Crippen LogP contribution in [0.1, 0.15) is 24.1 Å². The largest absolute Gasteiger partial charge is 0.420 e. The number of nitrogens with zero attached hydrogens (tertiary/aromatic N) is 4. The highest BCUT2D eigenvalue weighted by Crippen LogP contribution is 2.41. The predicted octanol–water partition coefficient (Wildman–Crippen LogP) is 5.02. The molecule has 3 heterocycles. The van der Waals surface area contributed by atoms with Crippen molar-refractivity contribution in [1.29, 1.82) is 0 Å². The minimum Gasteiger partial charge on any atom is -0.365 e. The third-order valence-corrected chi connectivity index (χ3v) is 6.53. The third-order valence-electron chi connectivity index (χ3n) is 6.53. The molecule has 0 bridgehead atoms. The number of likely N-dealkylation sites (tertiary alicyclic amines) is 1. The molecule has 1 saturated heterocycles. The van der Waals surface area contributed by atoms with Gasteiger partial charge < -0.3 is 5.32 Å². The molecule has 2 atom stereocenters. The molecule has 2 aliphatic rings. The van der Waals surface area contributed by atoms with Crippen molar-refractivity contribution < 1.29 is 17.6 Å². The van der Waals surface area contributed by atoms with E-state index in [-0.39, 0.29) is 23.1 Å². The summed E-state index contributed by atoms with van der Waals surface area (Å²) in [5.74, 6) is -0.0881. The minimum absolute atomic E-state index is 0.00885. The fourth-order valence-corrected chi connectivity index (χ4v) is 5.07. The lowest BCUT2D eigenvalue weighted by atomic mass is 10.0. The van der Waals surface area contributed by atoms with Gasteiger partial charge in [-0.05, 0) is 55.0 Å². The van der Waals surface area contributed by atoms with Crippen LogP contribution in [0, 0.1) is 17.7 Å². The number of alkyl halides is 3. The zero-order chi connectivity index (χ0) is 23.0. The average molecular weight is 457 g/mol. The van der Waals surface area contributed by atoms with Crippen LogP contribution >= 0.6 is 0 Å². The van der Waals surface area contributed by atoms with E-state index in [9.17, 15) is 17.6 Å². The first-order valence-corrected chi connectivity index (χ1v) is 11.0. The van der Waals surface area contributed by atoms with E-state index in [1.54, 1.807) is 12.3 Å². The molecule has 1 N–H and O–H groups in total. The highest BCUT2D eigenvalue weighted by atomic mass is 19.4. The van der Waals surface area contributed by atoms with Crippen LogP contribution in [-0.2, 0) is 12.7 Å². The smallest absolute Gasteiger partial charge is 0.365 e. The van der Waals surface area contributed by atoms with Gasteiger partial charge in [0.15, 0.2) is 5.82 Å². The van der Waals surface area contributed by atoms with Crippen molar-refractivity contribution in [3.05, 3.63) is 71.8 Å². The molecule has 2 unspecified atom stereocenters. The maximum absolute atomic E-state index is 14.1. The summed E-state index contributed by atoms with van der Waals surface area (Å²) >= 11 is 0. The van der Waals surface area contributed by atoms with Crippen LogP contribution in [0.25, 0.3) is 11.3 Å². The number of hydrogen-bond acceptors (Lipinski definition) is 5. The summed E-state index contributed by atoms with van der Waals surface area (Å²) in [6.07, 6.45) is -1.30. The second kappa shape index (κ2) is 8.70. The quantitative estimate of drug-likeness (QED) is 0.546. The maximum atomic E-state index is 14.1. The molecule has 172 valence electrons. The van der Waals surface area contributed by atoms with Crippen molar-refractivity contribution in [2.24, 2.45) is 11.8 Å². The summed E-state index contributed by atoms with van der Waals surface area (Å²) in [6.45, 7) is 2.60. The molecule has 5 nitrogen and oxygen atoms in total. The summed E-state index contributed by atoms with van der Waals surface area (Å²) in [4.78, 5) is 6.73. The first-order valence-electron chi connectivity index (χ1n) is 11.0. The number of aromatic nitrogens is 3. The number of halogens is 4. The summed E-state index contributed by atoms with van der Waals surface area (Å²) in [6, 6.07) is 12.2. The molecule has 2 aromatic heterocycles. The molecule has 2 fully saturated rings. The van der Waals surface area contributed by atoms with E-state index < -0.39 is 17.6 Å². The third kappa shape index (κ3) is 4.68. The van der Waals surface area contributed by atoms with Crippen molar-refractivity contribution in [3.63, 3.8) is 0 Å². The van der Waals surface area contributed by atoms with Crippen molar-refractivity contribution in [3.8, 4) is 11.3 Å². The molecule has 1 aliphatic heterocycles. The van der Waals surface area contributed by atoms with Gasteiger partial charge >= 0.3 is 6.18 Å². The van der Waals surface area contributed by atoms with Gasteiger partial charge in [0.25, 0.3) is 0 Å². The lowest BCUT2D eigenvalue weighted by molar-refractivity contribution is -0.137. The van der Waals surface area contributed by atoms with Crippen molar-refractivity contribution in [1.82, 2.24) is 20.1 Å². The summed E-state index contributed by atoms with van der Waals surface area (Å²) in [5.41, 5.74) is -0.0540. The van der Waals surface area contributed by atoms with Gasteiger partial charge in [-0.15, -0.1) is 10.2 Å². The topological polar surface area (TPSA) is 53.9 Å². The normalized spacial score (nSPS) is 23.0. The number of rotatable bonds is 5. The van der Waals surface area contributed by atoms with E-state index >= 15 is 0 Å². The van der Waals surface area contributed by atoms with Gasteiger partial charge in [-0.2, -0.15) is 13.2 Å². The fourth-order valence-electron chi connectivity index (χ4n) is 5.07. The Morgan fingerprint density at radius 3 is 2.36 bits per heavy atom. The van der Waals surface area contributed by atoms with Gasteiger partial charge in [-0.3, -0.25) is 9.88 Å². The molecule has 0 amide bonds. The zero-order valence-corrected chi connectivity index (χ0v) is 17.8. The molecule has 3 aromatic rings. The van der Waals surface area contributed by atoms with Crippen molar-refractivity contribution in [2.75, 3.05) is 18.4 Å². The summed E-state index contributed by atoms with van der Waals surface area (Å²) < 4.78 is 55.4. The molecule has 1 aromatic carbocycles. The first-order chi connectivity index (χ1) is 15.9. The SMILES string of the molecule is Fc1ccccc1-c1cc(C(F)(F)F)c(NC2CC3CN(Cc4ccccn4)CC3C2)nn1. The van der Waals surface area contributed by atoms with Gasteiger partial charge in [-0.1, -0.05) is 18.2 Å².